The minimum absolute atomic E-state index is 0.133. The van der Waals surface area contributed by atoms with Crippen LogP contribution in [0.15, 0.2) is 65.6 Å². The molecule has 2 fully saturated rings. The standard InChI is InChI=1S/C30H34FN7O3/c1-35(29-33-16-12-27(39)38(29)20-41-28(40)25-6-4-15-32-25)23-13-17-36(18-14-23)30-34-24-5-2-3-7-26(24)37(30)19-21-8-10-22(31)11-9-21/h2-3,5,7-12,16,23,25,32H,4,6,13-15,17-20H2,1H3. The first-order valence-electron chi connectivity index (χ1n) is 14.1. The Bertz CT molecular complexity index is 1570. The number of imidazole rings is 1. The van der Waals surface area contributed by atoms with E-state index in [1.54, 1.807) is 0 Å². The first-order valence-corrected chi connectivity index (χ1v) is 14.1. The summed E-state index contributed by atoms with van der Waals surface area (Å²) in [6.45, 7) is 2.74. The van der Waals surface area contributed by atoms with Crippen LogP contribution in [-0.4, -0.2) is 63.8 Å². The van der Waals surface area contributed by atoms with E-state index in [0.29, 0.717) is 12.5 Å². The van der Waals surface area contributed by atoms with E-state index in [4.69, 9.17) is 9.72 Å². The van der Waals surface area contributed by atoms with Gasteiger partial charge >= 0.3 is 5.97 Å². The number of nitrogens with zero attached hydrogens (tertiary/aromatic N) is 6. The SMILES string of the molecule is CN(c1nccc(=O)n1COC(=O)C1CCCN1)C1CCN(c2nc3ccccc3n2Cc2ccc(F)cc2)CC1. The molecule has 0 radical (unpaired) electrons. The zero-order chi connectivity index (χ0) is 28.3. The number of rotatable bonds is 8. The Morgan fingerprint density at radius 3 is 2.61 bits per heavy atom. The molecule has 1 N–H and O–H groups in total. The quantitative estimate of drug-likeness (QED) is 0.329. The van der Waals surface area contributed by atoms with E-state index in [0.717, 1.165) is 67.9 Å². The minimum atomic E-state index is -0.344. The fourth-order valence-corrected chi connectivity index (χ4v) is 5.79. The van der Waals surface area contributed by atoms with Crippen LogP contribution in [0.5, 0.6) is 0 Å². The second-order valence-electron chi connectivity index (χ2n) is 10.7. The van der Waals surface area contributed by atoms with Crippen LogP contribution in [0.2, 0.25) is 0 Å². The van der Waals surface area contributed by atoms with Crippen LogP contribution in [0.4, 0.5) is 16.3 Å². The Morgan fingerprint density at radius 2 is 1.85 bits per heavy atom. The third-order valence-corrected chi connectivity index (χ3v) is 8.09. The number of esters is 1. The van der Waals surface area contributed by atoms with Crippen molar-refractivity contribution in [2.75, 3.05) is 36.5 Å². The van der Waals surface area contributed by atoms with E-state index in [1.807, 2.05) is 42.3 Å². The zero-order valence-electron chi connectivity index (χ0n) is 23.1. The van der Waals surface area contributed by atoms with Gasteiger partial charge in [-0.3, -0.25) is 9.59 Å². The van der Waals surface area contributed by atoms with Crippen LogP contribution >= 0.6 is 0 Å². The van der Waals surface area contributed by atoms with E-state index in [9.17, 15) is 14.0 Å². The maximum Gasteiger partial charge on any atom is 0.324 e. The topological polar surface area (TPSA) is 97.5 Å². The average molecular weight is 560 g/mol. The number of fused-ring (bicyclic) bond motifs is 1. The lowest BCUT2D eigenvalue weighted by Gasteiger charge is -2.38. The molecule has 0 bridgehead atoms. The van der Waals surface area contributed by atoms with Crippen molar-refractivity contribution >= 4 is 28.9 Å². The molecule has 1 atom stereocenters. The van der Waals surface area contributed by atoms with Crippen molar-refractivity contribution in [3.63, 3.8) is 0 Å². The smallest absolute Gasteiger partial charge is 0.324 e. The number of para-hydroxylation sites is 2. The molecule has 0 amide bonds. The number of carbonyl (C=O) groups is 1. The fourth-order valence-electron chi connectivity index (χ4n) is 5.79. The summed E-state index contributed by atoms with van der Waals surface area (Å²) in [6, 6.07) is 15.8. The van der Waals surface area contributed by atoms with Crippen molar-refractivity contribution < 1.29 is 13.9 Å². The number of halogens is 1. The number of aromatic nitrogens is 4. The number of benzene rings is 2. The summed E-state index contributed by atoms with van der Waals surface area (Å²) < 4.78 is 22.6. The lowest BCUT2D eigenvalue weighted by atomic mass is 10.0. The van der Waals surface area contributed by atoms with E-state index < -0.39 is 0 Å². The van der Waals surface area contributed by atoms with Crippen molar-refractivity contribution in [2.24, 2.45) is 0 Å². The van der Waals surface area contributed by atoms with Gasteiger partial charge in [-0.25, -0.2) is 18.9 Å². The van der Waals surface area contributed by atoms with Gasteiger partial charge in [0.1, 0.15) is 11.9 Å². The Morgan fingerprint density at radius 1 is 1.07 bits per heavy atom. The molecule has 2 saturated heterocycles. The number of piperidine rings is 1. The molecular formula is C30H34FN7O3. The van der Waals surface area contributed by atoms with Gasteiger partial charge in [0, 0.05) is 38.4 Å². The van der Waals surface area contributed by atoms with Crippen LogP contribution in [0.3, 0.4) is 0 Å². The number of hydrogen-bond donors (Lipinski definition) is 1. The molecule has 10 nitrogen and oxygen atoms in total. The second-order valence-corrected chi connectivity index (χ2v) is 10.7. The summed E-state index contributed by atoms with van der Waals surface area (Å²) in [5, 5.41) is 3.13. The van der Waals surface area contributed by atoms with Crippen LogP contribution in [0.25, 0.3) is 11.0 Å². The van der Waals surface area contributed by atoms with E-state index in [1.165, 1.54) is 29.0 Å². The first kappa shape index (κ1) is 26.9. The molecule has 0 saturated carbocycles. The maximum atomic E-state index is 13.5. The van der Waals surface area contributed by atoms with E-state index >= 15 is 0 Å². The molecule has 41 heavy (non-hydrogen) atoms. The number of nitrogens with one attached hydrogen (secondary N) is 1. The van der Waals surface area contributed by atoms with Crippen molar-refractivity contribution in [2.45, 2.75) is 51.0 Å². The van der Waals surface area contributed by atoms with Gasteiger partial charge in [0.05, 0.1) is 17.6 Å². The summed E-state index contributed by atoms with van der Waals surface area (Å²) in [5.41, 5.74) is 2.69. The van der Waals surface area contributed by atoms with Crippen molar-refractivity contribution in [1.29, 1.82) is 0 Å². The van der Waals surface area contributed by atoms with E-state index in [-0.39, 0.29) is 36.2 Å². The van der Waals surface area contributed by atoms with Gasteiger partial charge in [-0.05, 0) is 62.1 Å². The highest BCUT2D eigenvalue weighted by atomic mass is 19.1. The molecule has 0 aliphatic carbocycles. The van der Waals surface area contributed by atoms with Gasteiger partial charge in [-0.1, -0.05) is 24.3 Å². The van der Waals surface area contributed by atoms with E-state index in [2.05, 4.69) is 25.8 Å². The number of anilines is 2. The Balaban J connectivity index is 1.17. The predicted molar refractivity (Wildman–Crippen MR) is 154 cm³/mol. The fraction of sp³-hybridized carbons (Fsp3) is 0.400. The van der Waals surface area contributed by atoms with Gasteiger partial charge in [0.2, 0.25) is 11.9 Å². The molecule has 2 aromatic heterocycles. The lowest BCUT2D eigenvalue weighted by molar-refractivity contribution is -0.149. The normalized spacial score (nSPS) is 17.7. The van der Waals surface area contributed by atoms with Gasteiger partial charge in [0.25, 0.3) is 5.56 Å². The van der Waals surface area contributed by atoms with Crippen molar-refractivity contribution in [3.05, 3.63) is 82.5 Å². The van der Waals surface area contributed by atoms with Gasteiger partial charge < -0.3 is 24.4 Å². The summed E-state index contributed by atoms with van der Waals surface area (Å²) in [4.78, 5) is 38.9. The highest BCUT2D eigenvalue weighted by molar-refractivity contribution is 5.79. The summed E-state index contributed by atoms with van der Waals surface area (Å²) in [5.74, 6) is 0.771. The molecule has 4 heterocycles. The van der Waals surface area contributed by atoms with Crippen LogP contribution in [-0.2, 0) is 22.8 Å². The van der Waals surface area contributed by atoms with Crippen LogP contribution < -0.4 is 20.7 Å². The monoisotopic (exact) mass is 559 g/mol. The third-order valence-electron chi connectivity index (χ3n) is 8.09. The van der Waals surface area contributed by atoms with Crippen LogP contribution in [0.1, 0.15) is 31.2 Å². The lowest BCUT2D eigenvalue weighted by Crippen LogP contribution is -2.46. The molecule has 2 aromatic carbocycles. The molecule has 11 heteroatoms. The summed E-state index contributed by atoms with van der Waals surface area (Å²) >= 11 is 0. The summed E-state index contributed by atoms with van der Waals surface area (Å²) in [7, 11) is 1.93. The van der Waals surface area contributed by atoms with Crippen molar-refractivity contribution in [3.8, 4) is 0 Å². The zero-order valence-corrected chi connectivity index (χ0v) is 23.1. The van der Waals surface area contributed by atoms with Crippen LogP contribution in [0, 0.1) is 5.82 Å². The molecule has 214 valence electrons. The maximum absolute atomic E-state index is 13.5. The van der Waals surface area contributed by atoms with Gasteiger partial charge in [-0.2, -0.15) is 0 Å². The largest absolute Gasteiger partial charge is 0.443 e. The highest BCUT2D eigenvalue weighted by Gasteiger charge is 2.29. The van der Waals surface area contributed by atoms with Gasteiger partial charge in [-0.15, -0.1) is 0 Å². The molecule has 6 rings (SSSR count). The number of ether oxygens (including phenoxy) is 1. The molecule has 2 aliphatic rings. The first-order chi connectivity index (χ1) is 20.0. The number of hydrogen-bond acceptors (Lipinski definition) is 8. The van der Waals surface area contributed by atoms with Gasteiger partial charge in [0.15, 0.2) is 6.73 Å². The van der Waals surface area contributed by atoms with Crippen molar-refractivity contribution in [1.82, 2.24) is 24.4 Å². The Kier molecular flexibility index (Phi) is 7.69. The molecule has 0 spiro atoms. The second kappa shape index (κ2) is 11.7. The number of carbonyl (C=O) groups excluding carboxylic acids is 1. The average Bonchev–Trinajstić information content (AvgIpc) is 3.66. The highest BCUT2D eigenvalue weighted by Crippen LogP contribution is 2.28. The predicted octanol–water partition coefficient (Wildman–Crippen LogP) is 3.14. The Hall–Kier alpha value is -4.25. The molecule has 4 aromatic rings. The molecule has 2 aliphatic heterocycles. The minimum Gasteiger partial charge on any atom is -0.443 e. The third kappa shape index (κ3) is 5.67. The summed E-state index contributed by atoms with van der Waals surface area (Å²) in [6.07, 6.45) is 4.82. The molecular weight excluding hydrogens is 525 g/mol. The molecule has 1 unspecified atom stereocenters. The Labute approximate surface area is 237 Å².